The second kappa shape index (κ2) is 7.02. The van der Waals surface area contributed by atoms with E-state index in [0.717, 1.165) is 0 Å². The van der Waals surface area contributed by atoms with Gasteiger partial charge in [-0.3, -0.25) is 25.2 Å². The number of nitro groups is 1. The van der Waals surface area contributed by atoms with Gasteiger partial charge < -0.3 is 4.74 Å². The van der Waals surface area contributed by atoms with Crippen molar-refractivity contribution < 1.29 is 19.2 Å². The molecule has 0 spiro atoms. The summed E-state index contributed by atoms with van der Waals surface area (Å²) in [7, 11) is 0. The number of hydrogen-bond acceptors (Lipinski definition) is 7. The Morgan fingerprint density at radius 1 is 1.27 bits per heavy atom. The number of rotatable bonds is 4. The van der Waals surface area contributed by atoms with Gasteiger partial charge in [0.2, 0.25) is 5.91 Å². The Morgan fingerprint density at radius 2 is 1.96 bits per heavy atom. The van der Waals surface area contributed by atoms with Crippen LogP contribution < -0.4 is 20.5 Å². The van der Waals surface area contributed by atoms with Gasteiger partial charge in [-0.05, 0) is 18.2 Å². The van der Waals surface area contributed by atoms with Gasteiger partial charge in [0.1, 0.15) is 6.54 Å². The summed E-state index contributed by atoms with van der Waals surface area (Å²) in [6.07, 6.45) is 1.32. The van der Waals surface area contributed by atoms with E-state index in [2.05, 4.69) is 15.7 Å². The molecule has 1 aromatic heterocycles. The predicted molar refractivity (Wildman–Crippen MR) is 91.4 cm³/mol. The normalized spacial score (nSPS) is 13.8. The summed E-state index contributed by atoms with van der Waals surface area (Å²) >= 11 is 12.3. The molecule has 1 aliphatic rings. The smallest absolute Gasteiger partial charge is 0.340 e. The molecule has 2 N–H and O–H groups in total. The van der Waals surface area contributed by atoms with Gasteiger partial charge in [0.25, 0.3) is 5.88 Å². The lowest BCUT2D eigenvalue weighted by molar-refractivity contribution is -0.386. The third-order valence-corrected chi connectivity index (χ3v) is 3.79. The van der Waals surface area contributed by atoms with Crippen LogP contribution in [0.4, 0.5) is 16.2 Å². The van der Waals surface area contributed by atoms with Crippen molar-refractivity contribution in [2.75, 3.05) is 11.6 Å². The highest BCUT2D eigenvalue weighted by Crippen LogP contribution is 2.41. The standard InChI is InChI=1S/C14H9Cl2N5O5/c15-8-4-7(20-6-11(22)18-14(23)19-20)5-9(16)12(8)26-13-10(21(24)25)2-1-3-17-13/h1-5H,6H2,(H2,18,19,22,23). The van der Waals surface area contributed by atoms with Crippen LogP contribution in [0.5, 0.6) is 11.6 Å². The number of nitrogens with zero attached hydrogens (tertiary/aromatic N) is 3. The minimum absolute atomic E-state index is 0.00711. The average molecular weight is 398 g/mol. The molecule has 134 valence electrons. The number of aromatic nitrogens is 1. The van der Waals surface area contributed by atoms with E-state index in [9.17, 15) is 19.7 Å². The van der Waals surface area contributed by atoms with Gasteiger partial charge in [0.15, 0.2) is 5.75 Å². The Balaban J connectivity index is 1.92. The second-order valence-electron chi connectivity index (χ2n) is 5.00. The van der Waals surface area contributed by atoms with Crippen LogP contribution in [0.1, 0.15) is 0 Å². The fourth-order valence-electron chi connectivity index (χ4n) is 2.15. The number of hydrazine groups is 1. The monoisotopic (exact) mass is 397 g/mol. The maximum Gasteiger partial charge on any atom is 0.340 e. The van der Waals surface area contributed by atoms with Crippen LogP contribution >= 0.6 is 23.2 Å². The first-order chi connectivity index (χ1) is 12.3. The van der Waals surface area contributed by atoms with Crippen molar-refractivity contribution in [3.63, 3.8) is 0 Å². The summed E-state index contributed by atoms with van der Waals surface area (Å²) < 4.78 is 5.42. The third kappa shape index (κ3) is 3.60. The SMILES string of the molecule is O=C1CN(c2cc(Cl)c(Oc3ncccc3[N+](=O)[O-])c(Cl)c2)NC(=O)N1. The first kappa shape index (κ1) is 17.7. The Labute approximate surface area is 155 Å². The van der Waals surface area contributed by atoms with Gasteiger partial charge in [0.05, 0.1) is 20.7 Å². The van der Waals surface area contributed by atoms with Crippen molar-refractivity contribution in [1.82, 2.24) is 15.7 Å². The minimum Gasteiger partial charge on any atom is -0.430 e. The van der Waals surface area contributed by atoms with Gasteiger partial charge in [-0.15, -0.1) is 0 Å². The van der Waals surface area contributed by atoms with Crippen LogP contribution in [-0.2, 0) is 4.79 Å². The van der Waals surface area contributed by atoms with Crippen molar-refractivity contribution in [3.05, 3.63) is 50.6 Å². The average Bonchev–Trinajstić information content (AvgIpc) is 2.57. The molecule has 0 atom stereocenters. The second-order valence-corrected chi connectivity index (χ2v) is 5.82. The van der Waals surface area contributed by atoms with Gasteiger partial charge in [-0.25, -0.2) is 15.2 Å². The fourth-order valence-corrected chi connectivity index (χ4v) is 2.70. The lowest BCUT2D eigenvalue weighted by Crippen LogP contribution is -2.59. The number of nitrogens with one attached hydrogen (secondary N) is 2. The van der Waals surface area contributed by atoms with Gasteiger partial charge in [0, 0.05) is 12.3 Å². The summed E-state index contributed by atoms with van der Waals surface area (Å²) in [5.74, 6) is -0.836. The maximum atomic E-state index is 11.5. The Morgan fingerprint density at radius 3 is 2.58 bits per heavy atom. The third-order valence-electron chi connectivity index (χ3n) is 3.23. The molecule has 0 saturated carbocycles. The zero-order valence-corrected chi connectivity index (χ0v) is 14.2. The van der Waals surface area contributed by atoms with E-state index < -0.39 is 16.9 Å². The van der Waals surface area contributed by atoms with Crippen molar-refractivity contribution in [1.29, 1.82) is 0 Å². The topological polar surface area (TPSA) is 127 Å². The van der Waals surface area contributed by atoms with Gasteiger partial charge in [-0.2, -0.15) is 0 Å². The highest BCUT2D eigenvalue weighted by molar-refractivity contribution is 6.37. The number of carbonyl (C=O) groups is 2. The fraction of sp³-hybridized carbons (Fsp3) is 0.0714. The van der Waals surface area contributed by atoms with E-state index in [0.29, 0.717) is 5.69 Å². The summed E-state index contributed by atoms with van der Waals surface area (Å²) in [5.41, 5.74) is 2.38. The van der Waals surface area contributed by atoms with E-state index >= 15 is 0 Å². The van der Waals surface area contributed by atoms with Crippen molar-refractivity contribution in [2.45, 2.75) is 0 Å². The van der Waals surface area contributed by atoms with Crippen molar-refractivity contribution in [2.24, 2.45) is 0 Å². The first-order valence-corrected chi connectivity index (χ1v) is 7.75. The van der Waals surface area contributed by atoms with Crippen LogP contribution in [0.2, 0.25) is 10.0 Å². The molecule has 0 aliphatic carbocycles. The number of pyridine rings is 1. The number of amides is 3. The zero-order valence-electron chi connectivity index (χ0n) is 12.7. The first-order valence-electron chi connectivity index (χ1n) is 6.99. The molecule has 0 unspecified atom stereocenters. The molecule has 2 aromatic rings. The zero-order chi connectivity index (χ0) is 18.8. The number of imide groups is 1. The number of hydrogen-bond donors (Lipinski definition) is 2. The highest BCUT2D eigenvalue weighted by Gasteiger charge is 2.25. The van der Waals surface area contributed by atoms with E-state index in [4.69, 9.17) is 27.9 Å². The van der Waals surface area contributed by atoms with Crippen molar-refractivity contribution >= 4 is 46.5 Å². The Bertz CT molecular complexity index is 883. The molecular weight excluding hydrogens is 389 g/mol. The number of carbonyl (C=O) groups excluding carboxylic acids is 2. The molecule has 12 heteroatoms. The van der Waals surface area contributed by atoms with E-state index in [1.54, 1.807) is 0 Å². The number of benzene rings is 1. The van der Waals surface area contributed by atoms with Crippen LogP contribution in [-0.4, -0.2) is 28.4 Å². The molecule has 10 nitrogen and oxygen atoms in total. The molecule has 0 bridgehead atoms. The quantitative estimate of drug-likeness (QED) is 0.599. The Hall–Kier alpha value is -3.11. The molecule has 1 fully saturated rings. The molecule has 1 aromatic carbocycles. The minimum atomic E-state index is -0.696. The van der Waals surface area contributed by atoms with Gasteiger partial charge in [-0.1, -0.05) is 23.2 Å². The number of urea groups is 1. The number of halogens is 2. The molecule has 26 heavy (non-hydrogen) atoms. The summed E-state index contributed by atoms with van der Waals surface area (Å²) in [6, 6.07) is 4.69. The van der Waals surface area contributed by atoms with Crippen LogP contribution in [0.15, 0.2) is 30.5 Å². The molecule has 2 heterocycles. The molecule has 3 amide bonds. The number of anilines is 1. The molecule has 1 aliphatic heterocycles. The molecular formula is C14H9Cl2N5O5. The molecule has 1 saturated heterocycles. The van der Waals surface area contributed by atoms with E-state index in [1.165, 1.54) is 35.5 Å². The highest BCUT2D eigenvalue weighted by atomic mass is 35.5. The predicted octanol–water partition coefficient (Wildman–Crippen LogP) is 2.65. The lowest BCUT2D eigenvalue weighted by atomic mass is 10.2. The van der Waals surface area contributed by atoms with Crippen LogP contribution in [0.3, 0.4) is 0 Å². The molecule has 0 radical (unpaired) electrons. The maximum absolute atomic E-state index is 11.5. The van der Waals surface area contributed by atoms with Crippen molar-refractivity contribution in [3.8, 4) is 11.6 Å². The largest absolute Gasteiger partial charge is 0.430 e. The van der Waals surface area contributed by atoms with Crippen LogP contribution in [0, 0.1) is 10.1 Å². The summed E-state index contributed by atoms with van der Waals surface area (Å²) in [4.78, 5) is 37.0. The lowest BCUT2D eigenvalue weighted by Gasteiger charge is -2.29. The van der Waals surface area contributed by atoms with Crippen LogP contribution in [0.25, 0.3) is 0 Å². The van der Waals surface area contributed by atoms with Gasteiger partial charge >= 0.3 is 11.7 Å². The summed E-state index contributed by atoms with van der Waals surface area (Å²) in [6.45, 7) is -0.148. The molecule has 3 rings (SSSR count). The van der Waals surface area contributed by atoms with E-state index in [-0.39, 0.29) is 33.9 Å². The number of ether oxygens (including phenoxy) is 1. The summed E-state index contributed by atoms with van der Waals surface area (Å²) in [5, 5.41) is 14.4. The Kier molecular flexibility index (Phi) is 4.78. The van der Waals surface area contributed by atoms with E-state index in [1.807, 2.05) is 0 Å².